The van der Waals surface area contributed by atoms with Crippen LogP contribution in [0.5, 0.6) is 0 Å². The first-order valence-electron chi connectivity index (χ1n) is 8.24. The van der Waals surface area contributed by atoms with Gasteiger partial charge in [0.15, 0.2) is 0 Å². The molecule has 0 aliphatic heterocycles. The highest BCUT2D eigenvalue weighted by Crippen LogP contribution is 2.11. The van der Waals surface area contributed by atoms with Crippen LogP contribution in [-0.4, -0.2) is 28.8 Å². The van der Waals surface area contributed by atoms with Crippen LogP contribution in [0, 0.1) is 0 Å². The minimum atomic E-state index is -1.03. The lowest BCUT2D eigenvalue weighted by molar-refractivity contribution is -0.141. The van der Waals surface area contributed by atoms with Crippen molar-refractivity contribution in [1.29, 1.82) is 0 Å². The van der Waals surface area contributed by atoms with E-state index in [-0.39, 0.29) is 11.7 Å². The number of hydrogen-bond donors (Lipinski definition) is 3. The maximum atomic E-state index is 11.5. The summed E-state index contributed by atoms with van der Waals surface area (Å²) in [5.41, 5.74) is 0. The van der Waals surface area contributed by atoms with Crippen molar-refractivity contribution in [3.8, 4) is 0 Å². The second kappa shape index (κ2) is 14.2. The van der Waals surface area contributed by atoms with Crippen LogP contribution in [0.25, 0.3) is 0 Å². The van der Waals surface area contributed by atoms with Gasteiger partial charge in [0.1, 0.15) is 6.04 Å². The zero-order valence-electron chi connectivity index (χ0n) is 13.3. The molecule has 0 heterocycles. The van der Waals surface area contributed by atoms with Crippen LogP contribution >= 0.6 is 12.6 Å². The number of carboxylic acids is 1. The van der Waals surface area contributed by atoms with Gasteiger partial charge >= 0.3 is 5.97 Å². The highest BCUT2D eigenvalue weighted by Gasteiger charge is 2.17. The van der Waals surface area contributed by atoms with Crippen molar-refractivity contribution in [1.82, 2.24) is 5.32 Å². The van der Waals surface area contributed by atoms with E-state index < -0.39 is 12.0 Å². The summed E-state index contributed by atoms with van der Waals surface area (Å²) in [6, 6.07) is -0.871. The van der Waals surface area contributed by atoms with Crippen molar-refractivity contribution in [2.75, 3.05) is 5.75 Å². The highest BCUT2D eigenvalue weighted by molar-refractivity contribution is 7.80. The zero-order valence-corrected chi connectivity index (χ0v) is 14.2. The summed E-state index contributed by atoms with van der Waals surface area (Å²) in [5, 5.41) is 11.3. The molecule has 0 aromatic heterocycles. The summed E-state index contributed by atoms with van der Waals surface area (Å²) in [6.07, 6.45) is 12.6. The first-order chi connectivity index (χ1) is 10.1. The van der Waals surface area contributed by atoms with Gasteiger partial charge in [0, 0.05) is 12.2 Å². The molecule has 0 saturated heterocycles. The van der Waals surface area contributed by atoms with E-state index in [0.717, 1.165) is 19.3 Å². The van der Waals surface area contributed by atoms with Crippen LogP contribution in [0.1, 0.15) is 77.6 Å². The van der Waals surface area contributed by atoms with Crippen LogP contribution in [0.4, 0.5) is 0 Å². The third-order valence-electron chi connectivity index (χ3n) is 3.57. The number of unbranched alkanes of at least 4 members (excludes halogenated alkanes) is 9. The van der Waals surface area contributed by atoms with Gasteiger partial charge in [0.25, 0.3) is 0 Å². The fourth-order valence-electron chi connectivity index (χ4n) is 2.22. The van der Waals surface area contributed by atoms with E-state index in [1.54, 1.807) is 0 Å². The Bertz CT molecular complexity index is 285. The van der Waals surface area contributed by atoms with Crippen LogP contribution in [0.15, 0.2) is 0 Å². The molecule has 0 spiro atoms. The Kier molecular flexibility index (Phi) is 13.8. The van der Waals surface area contributed by atoms with E-state index in [9.17, 15) is 9.59 Å². The predicted octanol–water partition coefficient (Wildman–Crippen LogP) is 3.80. The number of carboxylic acid groups (broad SMARTS) is 1. The second-order valence-corrected chi connectivity index (χ2v) is 5.94. The van der Waals surface area contributed by atoms with E-state index >= 15 is 0 Å². The third kappa shape index (κ3) is 12.7. The Hall–Kier alpha value is -0.710. The predicted molar refractivity (Wildman–Crippen MR) is 89.9 cm³/mol. The Labute approximate surface area is 134 Å². The number of hydrogen-bond acceptors (Lipinski definition) is 3. The van der Waals surface area contributed by atoms with Gasteiger partial charge in [-0.2, -0.15) is 12.6 Å². The summed E-state index contributed by atoms with van der Waals surface area (Å²) in [7, 11) is 0. The molecule has 2 N–H and O–H groups in total. The average Bonchev–Trinajstić information content (AvgIpc) is 2.46. The molecule has 21 heavy (non-hydrogen) atoms. The number of rotatable bonds is 14. The topological polar surface area (TPSA) is 66.4 Å². The van der Waals surface area contributed by atoms with Gasteiger partial charge in [-0.3, -0.25) is 4.79 Å². The number of aliphatic carboxylic acids is 1. The molecule has 0 aromatic carbocycles. The molecule has 0 fully saturated rings. The maximum Gasteiger partial charge on any atom is 0.327 e. The fourth-order valence-corrected chi connectivity index (χ4v) is 2.47. The van der Waals surface area contributed by atoms with Crippen molar-refractivity contribution in [2.45, 2.75) is 83.6 Å². The van der Waals surface area contributed by atoms with Crippen LogP contribution in [0.3, 0.4) is 0 Å². The first kappa shape index (κ1) is 20.3. The monoisotopic (exact) mass is 317 g/mol. The molecular weight excluding hydrogens is 286 g/mol. The molecule has 0 unspecified atom stereocenters. The van der Waals surface area contributed by atoms with Crippen molar-refractivity contribution in [3.05, 3.63) is 0 Å². The van der Waals surface area contributed by atoms with E-state index in [1.165, 1.54) is 44.9 Å². The van der Waals surface area contributed by atoms with E-state index in [0.29, 0.717) is 6.42 Å². The molecule has 0 saturated carbocycles. The molecule has 0 aliphatic carbocycles. The zero-order chi connectivity index (χ0) is 15.9. The SMILES string of the molecule is CCCCCCCCCCCCC(=O)N[C@@H](CS)C(=O)O. The summed E-state index contributed by atoms with van der Waals surface area (Å²) < 4.78 is 0. The van der Waals surface area contributed by atoms with Crippen molar-refractivity contribution in [2.24, 2.45) is 0 Å². The Morgan fingerprint density at radius 1 is 0.952 bits per heavy atom. The molecule has 124 valence electrons. The van der Waals surface area contributed by atoms with Crippen molar-refractivity contribution >= 4 is 24.5 Å². The minimum absolute atomic E-state index is 0.124. The number of thiol groups is 1. The van der Waals surface area contributed by atoms with Crippen molar-refractivity contribution < 1.29 is 14.7 Å². The largest absolute Gasteiger partial charge is 0.480 e. The van der Waals surface area contributed by atoms with Crippen LogP contribution in [-0.2, 0) is 9.59 Å². The molecule has 0 radical (unpaired) electrons. The van der Waals surface area contributed by atoms with E-state index in [4.69, 9.17) is 5.11 Å². The normalized spacial score (nSPS) is 12.1. The number of carbonyl (C=O) groups is 2. The quantitative estimate of drug-likeness (QED) is 0.337. The smallest absolute Gasteiger partial charge is 0.327 e. The molecule has 1 atom stereocenters. The van der Waals surface area contributed by atoms with Gasteiger partial charge in [-0.25, -0.2) is 4.79 Å². The van der Waals surface area contributed by atoms with Crippen LogP contribution in [0.2, 0.25) is 0 Å². The Balaban J connectivity index is 3.38. The van der Waals surface area contributed by atoms with Gasteiger partial charge < -0.3 is 10.4 Å². The molecule has 0 aromatic rings. The fraction of sp³-hybridized carbons (Fsp3) is 0.875. The lowest BCUT2D eigenvalue weighted by Crippen LogP contribution is -2.42. The molecule has 0 bridgehead atoms. The second-order valence-electron chi connectivity index (χ2n) is 5.57. The average molecular weight is 317 g/mol. The lowest BCUT2D eigenvalue weighted by Gasteiger charge is -2.11. The summed E-state index contributed by atoms with van der Waals surface area (Å²) in [5.74, 6) is -1.09. The third-order valence-corrected chi connectivity index (χ3v) is 3.94. The molecule has 5 heteroatoms. The number of carbonyl (C=O) groups excluding carboxylic acids is 1. The molecule has 0 rings (SSSR count). The molecule has 1 amide bonds. The standard InChI is InChI=1S/C16H31NO3S/c1-2-3-4-5-6-7-8-9-10-11-12-15(18)17-14(13-21)16(19)20/h14,21H,2-13H2,1H3,(H,17,18)(H,19,20)/t14-/m0/s1. The van der Waals surface area contributed by atoms with E-state index in [1.807, 2.05) is 0 Å². The van der Waals surface area contributed by atoms with Gasteiger partial charge in [-0.05, 0) is 6.42 Å². The van der Waals surface area contributed by atoms with Gasteiger partial charge in [0.05, 0.1) is 0 Å². The minimum Gasteiger partial charge on any atom is -0.480 e. The van der Waals surface area contributed by atoms with Crippen molar-refractivity contribution in [3.63, 3.8) is 0 Å². The molecule has 0 aliphatic rings. The Morgan fingerprint density at radius 3 is 1.86 bits per heavy atom. The van der Waals surface area contributed by atoms with E-state index in [2.05, 4.69) is 24.9 Å². The molecular formula is C16H31NO3S. The summed E-state index contributed by atoms with van der Waals surface area (Å²) in [4.78, 5) is 22.3. The van der Waals surface area contributed by atoms with Gasteiger partial charge in [0.2, 0.25) is 5.91 Å². The highest BCUT2D eigenvalue weighted by atomic mass is 32.1. The molecule has 4 nitrogen and oxygen atoms in total. The summed E-state index contributed by atoms with van der Waals surface area (Å²) >= 11 is 3.91. The van der Waals surface area contributed by atoms with Gasteiger partial charge in [-0.1, -0.05) is 64.7 Å². The lowest BCUT2D eigenvalue weighted by atomic mass is 10.1. The van der Waals surface area contributed by atoms with Crippen LogP contribution < -0.4 is 5.32 Å². The van der Waals surface area contributed by atoms with Gasteiger partial charge in [-0.15, -0.1) is 0 Å². The summed E-state index contributed by atoms with van der Waals surface area (Å²) in [6.45, 7) is 2.23. The number of nitrogens with one attached hydrogen (secondary N) is 1. The maximum absolute atomic E-state index is 11.5. The first-order valence-corrected chi connectivity index (χ1v) is 8.88. The Morgan fingerprint density at radius 2 is 1.43 bits per heavy atom. The number of amides is 1.